The smallest absolute Gasteiger partial charge is 0.330 e. The number of nitrogens with one attached hydrogen (secondary N) is 1. The van der Waals surface area contributed by atoms with Crippen LogP contribution in [0.25, 0.3) is 5.69 Å². The molecule has 1 aromatic heterocycles. The van der Waals surface area contributed by atoms with Crippen molar-refractivity contribution in [3.8, 4) is 5.69 Å². The van der Waals surface area contributed by atoms with Crippen molar-refractivity contribution in [2.45, 2.75) is 20.3 Å². The molecule has 0 radical (unpaired) electrons. The highest BCUT2D eigenvalue weighted by Crippen LogP contribution is 2.18. The number of H-pyrrole nitrogens is 1. The van der Waals surface area contributed by atoms with Crippen molar-refractivity contribution in [2.24, 2.45) is 5.92 Å². The van der Waals surface area contributed by atoms with Gasteiger partial charge in [0.1, 0.15) is 0 Å². The SMILES string of the molecule is Cc1c[nH]c(=O)n1-c1ccccc1CC(C)C(=O)O. The number of benzene rings is 1. The Kier molecular flexibility index (Phi) is 3.55. The van der Waals surface area contributed by atoms with E-state index in [1.54, 1.807) is 17.7 Å². The topological polar surface area (TPSA) is 75.1 Å². The van der Waals surface area contributed by atoms with Gasteiger partial charge in [0.25, 0.3) is 0 Å². The third-order valence-electron chi connectivity index (χ3n) is 3.14. The lowest BCUT2D eigenvalue weighted by Gasteiger charge is -2.13. The Morgan fingerprint density at radius 3 is 2.68 bits per heavy atom. The van der Waals surface area contributed by atoms with Gasteiger partial charge in [-0.05, 0) is 25.0 Å². The van der Waals surface area contributed by atoms with Crippen LogP contribution in [0.4, 0.5) is 0 Å². The monoisotopic (exact) mass is 260 g/mol. The van der Waals surface area contributed by atoms with Crippen LogP contribution < -0.4 is 5.69 Å². The maximum absolute atomic E-state index is 11.8. The molecule has 1 heterocycles. The zero-order valence-corrected chi connectivity index (χ0v) is 10.9. The van der Waals surface area contributed by atoms with Crippen LogP contribution >= 0.6 is 0 Å². The molecule has 2 N–H and O–H groups in total. The highest BCUT2D eigenvalue weighted by atomic mass is 16.4. The number of carboxylic acid groups (broad SMARTS) is 1. The summed E-state index contributed by atoms with van der Waals surface area (Å²) in [6, 6.07) is 7.36. The van der Waals surface area contributed by atoms with Gasteiger partial charge in [-0.1, -0.05) is 25.1 Å². The zero-order chi connectivity index (χ0) is 14.0. The number of carboxylic acids is 1. The molecule has 0 bridgehead atoms. The van der Waals surface area contributed by atoms with Gasteiger partial charge in [-0.25, -0.2) is 4.79 Å². The second-order valence-corrected chi connectivity index (χ2v) is 4.64. The molecule has 0 aliphatic carbocycles. The average molecular weight is 260 g/mol. The molecule has 0 saturated carbocycles. The number of imidazole rings is 1. The zero-order valence-electron chi connectivity index (χ0n) is 10.9. The number of aliphatic carboxylic acids is 1. The molecule has 19 heavy (non-hydrogen) atoms. The van der Waals surface area contributed by atoms with E-state index in [0.29, 0.717) is 6.42 Å². The average Bonchev–Trinajstić information content (AvgIpc) is 2.70. The van der Waals surface area contributed by atoms with E-state index in [9.17, 15) is 9.59 Å². The molecule has 1 unspecified atom stereocenters. The number of nitrogens with zero attached hydrogens (tertiary/aromatic N) is 1. The minimum absolute atomic E-state index is 0.215. The fourth-order valence-electron chi connectivity index (χ4n) is 2.07. The standard InChI is InChI=1S/C14H16N2O3/c1-9(13(17)18)7-11-5-3-4-6-12(11)16-10(2)8-15-14(16)19/h3-6,8-9H,7H2,1-2H3,(H,15,19)(H,17,18). The Labute approximate surface area is 110 Å². The van der Waals surface area contributed by atoms with Crippen molar-refractivity contribution in [2.75, 3.05) is 0 Å². The van der Waals surface area contributed by atoms with Gasteiger partial charge in [0.15, 0.2) is 0 Å². The lowest BCUT2D eigenvalue weighted by molar-refractivity contribution is -0.141. The molecule has 0 spiro atoms. The molecule has 0 fully saturated rings. The van der Waals surface area contributed by atoms with Crippen LogP contribution in [0.1, 0.15) is 18.2 Å². The third-order valence-corrected chi connectivity index (χ3v) is 3.14. The number of para-hydroxylation sites is 1. The fraction of sp³-hybridized carbons (Fsp3) is 0.286. The second kappa shape index (κ2) is 5.14. The Hall–Kier alpha value is -2.30. The van der Waals surface area contributed by atoms with E-state index in [1.807, 2.05) is 31.2 Å². The minimum Gasteiger partial charge on any atom is -0.481 e. The van der Waals surface area contributed by atoms with Gasteiger partial charge in [-0.3, -0.25) is 9.36 Å². The first-order valence-electron chi connectivity index (χ1n) is 6.09. The van der Waals surface area contributed by atoms with Gasteiger partial charge in [0.05, 0.1) is 11.6 Å². The molecule has 5 nitrogen and oxygen atoms in total. The van der Waals surface area contributed by atoms with Crippen LogP contribution in [0.5, 0.6) is 0 Å². The van der Waals surface area contributed by atoms with E-state index < -0.39 is 11.9 Å². The van der Waals surface area contributed by atoms with Crippen LogP contribution in [0.15, 0.2) is 35.3 Å². The highest BCUT2D eigenvalue weighted by molar-refractivity contribution is 5.70. The van der Waals surface area contributed by atoms with Gasteiger partial charge in [0.2, 0.25) is 0 Å². The van der Waals surface area contributed by atoms with Crippen molar-refractivity contribution >= 4 is 5.97 Å². The van der Waals surface area contributed by atoms with Crippen LogP contribution in [0.3, 0.4) is 0 Å². The predicted octanol–water partition coefficient (Wildman–Crippen LogP) is 1.74. The molecule has 1 aromatic carbocycles. The molecule has 1 atom stereocenters. The van der Waals surface area contributed by atoms with Gasteiger partial charge in [-0.15, -0.1) is 0 Å². The Morgan fingerprint density at radius 2 is 2.11 bits per heavy atom. The fourth-order valence-corrected chi connectivity index (χ4v) is 2.07. The normalized spacial score (nSPS) is 12.3. The molecule has 0 aliphatic rings. The summed E-state index contributed by atoms with van der Waals surface area (Å²) in [6.45, 7) is 3.49. The maximum atomic E-state index is 11.8. The summed E-state index contributed by atoms with van der Waals surface area (Å²) in [5.41, 5.74) is 2.16. The van der Waals surface area contributed by atoms with Crippen molar-refractivity contribution in [1.29, 1.82) is 0 Å². The van der Waals surface area contributed by atoms with Gasteiger partial charge in [-0.2, -0.15) is 0 Å². The number of carbonyl (C=O) groups is 1. The summed E-state index contributed by atoms with van der Waals surface area (Å²) in [5.74, 6) is -1.33. The highest BCUT2D eigenvalue weighted by Gasteiger charge is 2.16. The molecule has 100 valence electrons. The van der Waals surface area contributed by atoms with Crippen molar-refractivity contribution < 1.29 is 9.90 Å². The van der Waals surface area contributed by atoms with Crippen LogP contribution in [0.2, 0.25) is 0 Å². The van der Waals surface area contributed by atoms with Crippen LogP contribution in [0, 0.1) is 12.8 Å². The summed E-state index contributed by atoms with van der Waals surface area (Å²) in [6.07, 6.45) is 2.03. The van der Waals surface area contributed by atoms with Crippen LogP contribution in [-0.2, 0) is 11.2 Å². The van der Waals surface area contributed by atoms with E-state index in [1.165, 1.54) is 0 Å². The predicted molar refractivity (Wildman–Crippen MR) is 71.6 cm³/mol. The number of aromatic amines is 1. The third kappa shape index (κ3) is 2.59. The number of hydrogen-bond donors (Lipinski definition) is 2. The molecule has 0 amide bonds. The van der Waals surface area contributed by atoms with E-state index in [4.69, 9.17) is 5.11 Å². The van der Waals surface area contributed by atoms with Gasteiger partial charge in [0, 0.05) is 11.9 Å². The summed E-state index contributed by atoms with van der Waals surface area (Å²) < 4.78 is 1.56. The Balaban J connectivity index is 2.48. The first-order valence-corrected chi connectivity index (χ1v) is 6.09. The maximum Gasteiger partial charge on any atom is 0.330 e. The molecular formula is C14H16N2O3. The largest absolute Gasteiger partial charge is 0.481 e. The lowest BCUT2D eigenvalue weighted by atomic mass is 9.99. The summed E-state index contributed by atoms with van der Waals surface area (Å²) in [7, 11) is 0. The van der Waals surface area contributed by atoms with Gasteiger partial charge < -0.3 is 10.1 Å². The van der Waals surface area contributed by atoms with Crippen molar-refractivity contribution in [3.05, 3.63) is 52.2 Å². The molecule has 0 aliphatic heterocycles. The van der Waals surface area contributed by atoms with E-state index in [2.05, 4.69) is 4.98 Å². The van der Waals surface area contributed by atoms with E-state index in [0.717, 1.165) is 16.9 Å². The Bertz CT molecular complexity index is 655. The summed E-state index contributed by atoms with van der Waals surface area (Å²) in [4.78, 5) is 25.4. The number of aromatic nitrogens is 2. The molecule has 0 saturated heterocycles. The van der Waals surface area contributed by atoms with Crippen LogP contribution in [-0.4, -0.2) is 20.6 Å². The Morgan fingerprint density at radius 1 is 1.42 bits per heavy atom. The number of aryl methyl sites for hydroxylation is 1. The van der Waals surface area contributed by atoms with Gasteiger partial charge >= 0.3 is 11.7 Å². The summed E-state index contributed by atoms with van der Waals surface area (Å²) >= 11 is 0. The quantitative estimate of drug-likeness (QED) is 0.879. The molecule has 2 aromatic rings. The second-order valence-electron chi connectivity index (χ2n) is 4.64. The van der Waals surface area contributed by atoms with Crippen molar-refractivity contribution in [1.82, 2.24) is 9.55 Å². The minimum atomic E-state index is -0.840. The number of rotatable bonds is 4. The molecule has 2 rings (SSSR count). The summed E-state index contributed by atoms with van der Waals surface area (Å²) in [5, 5.41) is 9.00. The first-order chi connectivity index (χ1) is 9.00. The molecular weight excluding hydrogens is 244 g/mol. The lowest BCUT2D eigenvalue weighted by Crippen LogP contribution is -2.19. The van der Waals surface area contributed by atoms with Crippen molar-refractivity contribution in [3.63, 3.8) is 0 Å². The van der Waals surface area contributed by atoms with E-state index >= 15 is 0 Å². The molecule has 5 heteroatoms. The van der Waals surface area contributed by atoms with E-state index in [-0.39, 0.29) is 5.69 Å². The number of hydrogen-bond acceptors (Lipinski definition) is 2. The first kappa shape index (κ1) is 13.1.